The predicted octanol–water partition coefficient (Wildman–Crippen LogP) is 3.66. The Morgan fingerprint density at radius 2 is 2.00 bits per heavy atom. The summed E-state index contributed by atoms with van der Waals surface area (Å²) in [5.74, 6) is 1.00. The number of pyridine rings is 1. The van der Waals surface area contributed by atoms with Crippen molar-refractivity contribution in [1.29, 1.82) is 5.41 Å². The zero-order valence-electron chi connectivity index (χ0n) is 18.2. The number of aromatic nitrogens is 2. The van der Waals surface area contributed by atoms with Gasteiger partial charge in [0, 0.05) is 48.7 Å². The third-order valence-electron chi connectivity index (χ3n) is 5.43. The largest absolute Gasteiger partial charge is 0.444 e. The molecule has 0 aliphatic carbocycles. The van der Waals surface area contributed by atoms with E-state index in [4.69, 9.17) is 19.4 Å². The maximum absolute atomic E-state index is 12.3. The minimum Gasteiger partial charge on any atom is -0.444 e. The molecule has 0 atom stereocenters. The van der Waals surface area contributed by atoms with Gasteiger partial charge in [-0.1, -0.05) is 5.16 Å². The number of nitrogens with zero attached hydrogens (tertiary/aromatic N) is 3. The molecule has 2 aromatic rings. The van der Waals surface area contributed by atoms with Gasteiger partial charge in [0.25, 0.3) is 0 Å². The predicted molar refractivity (Wildman–Crippen MR) is 116 cm³/mol. The van der Waals surface area contributed by atoms with E-state index in [9.17, 15) is 4.79 Å². The molecule has 9 nitrogen and oxygen atoms in total. The maximum Gasteiger partial charge on any atom is 0.410 e. The molecule has 0 bridgehead atoms. The first-order valence-corrected chi connectivity index (χ1v) is 10.6. The molecule has 166 valence electrons. The van der Waals surface area contributed by atoms with Crippen molar-refractivity contribution >= 4 is 18.0 Å². The molecular formula is C22H29N5O4. The van der Waals surface area contributed by atoms with Crippen LogP contribution < -0.4 is 5.32 Å². The monoisotopic (exact) mass is 427 g/mol. The lowest BCUT2D eigenvalue weighted by Gasteiger charge is -2.32. The van der Waals surface area contributed by atoms with Crippen LogP contribution in [0, 0.1) is 5.41 Å². The molecule has 2 N–H and O–H groups in total. The topological polar surface area (TPSA) is 114 Å². The van der Waals surface area contributed by atoms with Crippen molar-refractivity contribution < 1.29 is 18.8 Å². The zero-order valence-corrected chi connectivity index (χ0v) is 18.2. The van der Waals surface area contributed by atoms with Gasteiger partial charge in [-0.3, -0.25) is 4.98 Å². The van der Waals surface area contributed by atoms with Crippen LogP contribution >= 0.6 is 0 Å². The van der Waals surface area contributed by atoms with Gasteiger partial charge in [0.15, 0.2) is 0 Å². The highest BCUT2D eigenvalue weighted by atomic mass is 16.6. The molecule has 4 heterocycles. The molecule has 0 unspecified atom stereocenters. The molecule has 2 aromatic heterocycles. The fourth-order valence-corrected chi connectivity index (χ4v) is 3.66. The number of anilines is 1. The Kier molecular flexibility index (Phi) is 5.95. The fourth-order valence-electron chi connectivity index (χ4n) is 3.66. The molecule has 2 aliphatic heterocycles. The van der Waals surface area contributed by atoms with Crippen LogP contribution in [-0.4, -0.2) is 65.3 Å². The van der Waals surface area contributed by atoms with Crippen LogP contribution in [0.25, 0.3) is 11.4 Å². The summed E-state index contributed by atoms with van der Waals surface area (Å²) in [6.07, 6.45) is 4.27. The van der Waals surface area contributed by atoms with E-state index in [1.165, 1.54) is 6.21 Å². The Morgan fingerprint density at radius 1 is 1.26 bits per heavy atom. The minimum absolute atomic E-state index is 0.200. The number of rotatable bonds is 5. The maximum atomic E-state index is 12.3. The van der Waals surface area contributed by atoms with Gasteiger partial charge < -0.3 is 29.6 Å². The van der Waals surface area contributed by atoms with Gasteiger partial charge in [0.1, 0.15) is 17.1 Å². The molecule has 0 aromatic carbocycles. The Bertz CT molecular complexity index is 940. The third-order valence-corrected chi connectivity index (χ3v) is 5.43. The van der Waals surface area contributed by atoms with Crippen molar-refractivity contribution in [1.82, 2.24) is 15.0 Å². The lowest BCUT2D eigenvalue weighted by atomic mass is 9.94. The van der Waals surface area contributed by atoms with Crippen molar-refractivity contribution in [2.75, 3.05) is 31.6 Å². The molecule has 1 amide bonds. The molecule has 0 spiro atoms. The number of carbonyl (C=O) groups is 1. The van der Waals surface area contributed by atoms with Crippen LogP contribution in [0.4, 0.5) is 10.5 Å². The second-order valence-corrected chi connectivity index (χ2v) is 9.04. The lowest BCUT2D eigenvalue weighted by Crippen LogP contribution is -2.41. The van der Waals surface area contributed by atoms with E-state index in [1.54, 1.807) is 11.1 Å². The molecule has 2 fully saturated rings. The van der Waals surface area contributed by atoms with Crippen molar-refractivity contribution in [3.05, 3.63) is 29.7 Å². The summed E-state index contributed by atoms with van der Waals surface area (Å²) >= 11 is 0. The highest BCUT2D eigenvalue weighted by Gasteiger charge is 2.29. The van der Waals surface area contributed by atoms with Crippen LogP contribution in [0.5, 0.6) is 0 Å². The van der Waals surface area contributed by atoms with Gasteiger partial charge in [-0.25, -0.2) is 4.79 Å². The zero-order chi connectivity index (χ0) is 22.0. The number of carbonyl (C=O) groups excluding carboxylic acids is 1. The molecule has 31 heavy (non-hydrogen) atoms. The van der Waals surface area contributed by atoms with E-state index < -0.39 is 5.60 Å². The number of ether oxygens (including phenoxy) is 2. The minimum atomic E-state index is -0.493. The summed E-state index contributed by atoms with van der Waals surface area (Å²) in [4.78, 5) is 18.5. The van der Waals surface area contributed by atoms with E-state index in [1.807, 2.05) is 32.9 Å². The Labute approximate surface area is 181 Å². The molecule has 0 radical (unpaired) electrons. The van der Waals surface area contributed by atoms with Gasteiger partial charge >= 0.3 is 6.09 Å². The highest BCUT2D eigenvalue weighted by molar-refractivity contribution is 5.86. The molecule has 2 aliphatic rings. The van der Waals surface area contributed by atoms with Crippen molar-refractivity contribution in [2.45, 2.75) is 51.2 Å². The summed E-state index contributed by atoms with van der Waals surface area (Å²) in [7, 11) is 0. The third kappa shape index (κ3) is 5.04. The van der Waals surface area contributed by atoms with Gasteiger partial charge in [0.05, 0.1) is 24.9 Å². The summed E-state index contributed by atoms with van der Waals surface area (Å²) in [6.45, 7) is 8.18. The standard InChI is InChI=1S/C22H29N5O4/c1-22(2,3)30-21(28)27-6-4-14(5-7-27)20-9-19(26-31-20)18-8-17(15(10-23)11-24-18)25-16-12-29-13-16/h8-11,14,16,23H,4-7,12-13H2,1-3H3,(H,24,25). The first-order valence-electron chi connectivity index (χ1n) is 10.6. The van der Waals surface area contributed by atoms with Crippen LogP contribution in [-0.2, 0) is 9.47 Å². The van der Waals surface area contributed by atoms with Gasteiger partial charge in [-0.15, -0.1) is 0 Å². The average molecular weight is 428 g/mol. The second kappa shape index (κ2) is 8.66. The van der Waals surface area contributed by atoms with Crippen molar-refractivity contribution in [2.24, 2.45) is 0 Å². The first kappa shape index (κ1) is 21.3. The van der Waals surface area contributed by atoms with E-state index in [2.05, 4.69) is 15.5 Å². The number of piperidine rings is 1. The normalized spacial score (nSPS) is 17.8. The molecule has 2 saturated heterocycles. The van der Waals surface area contributed by atoms with Crippen molar-refractivity contribution in [3.8, 4) is 11.4 Å². The molecule has 0 saturated carbocycles. The van der Waals surface area contributed by atoms with Crippen molar-refractivity contribution in [3.63, 3.8) is 0 Å². The Balaban J connectivity index is 1.41. The average Bonchev–Trinajstić information content (AvgIpc) is 3.19. The SMILES string of the molecule is CC(C)(C)OC(=O)N1CCC(c2cc(-c3cc(NC4COC4)c(C=N)cn3)no2)CC1. The molecule has 9 heteroatoms. The van der Waals surface area contributed by atoms with Crippen LogP contribution in [0.3, 0.4) is 0 Å². The van der Waals surface area contributed by atoms with E-state index >= 15 is 0 Å². The van der Waals surface area contributed by atoms with Gasteiger partial charge in [0.2, 0.25) is 0 Å². The Morgan fingerprint density at radius 3 is 2.61 bits per heavy atom. The summed E-state index contributed by atoms with van der Waals surface area (Å²) < 4.78 is 16.3. The fraction of sp³-hybridized carbons (Fsp3) is 0.545. The van der Waals surface area contributed by atoms with Crippen LogP contribution in [0.2, 0.25) is 0 Å². The number of amides is 1. The molecule has 4 rings (SSSR count). The highest BCUT2D eigenvalue weighted by Crippen LogP contribution is 2.32. The van der Waals surface area contributed by atoms with E-state index in [0.717, 1.165) is 24.3 Å². The number of hydrogen-bond acceptors (Lipinski definition) is 8. The van der Waals surface area contributed by atoms with E-state index in [-0.39, 0.29) is 18.1 Å². The quantitative estimate of drug-likeness (QED) is 0.700. The number of hydrogen-bond donors (Lipinski definition) is 2. The summed E-state index contributed by atoms with van der Waals surface area (Å²) in [6, 6.07) is 4.07. The Hall–Kier alpha value is -2.94. The smallest absolute Gasteiger partial charge is 0.410 e. The first-order chi connectivity index (χ1) is 14.8. The van der Waals surface area contributed by atoms with E-state index in [0.29, 0.717) is 43.3 Å². The number of likely N-dealkylation sites (tertiary alicyclic amines) is 1. The summed E-state index contributed by atoms with van der Waals surface area (Å²) in [5, 5.41) is 15.2. The lowest BCUT2D eigenvalue weighted by molar-refractivity contribution is 0.0199. The second-order valence-electron chi connectivity index (χ2n) is 9.04. The van der Waals surface area contributed by atoms with Crippen LogP contribution in [0.1, 0.15) is 50.9 Å². The van der Waals surface area contributed by atoms with Gasteiger partial charge in [-0.05, 0) is 39.7 Å². The van der Waals surface area contributed by atoms with Crippen LogP contribution in [0.15, 0.2) is 22.9 Å². The number of nitrogens with one attached hydrogen (secondary N) is 2. The molecular weight excluding hydrogens is 398 g/mol. The summed E-state index contributed by atoms with van der Waals surface area (Å²) in [5.41, 5.74) is 2.41. The van der Waals surface area contributed by atoms with Gasteiger partial charge in [-0.2, -0.15) is 0 Å².